The fourth-order valence-electron chi connectivity index (χ4n) is 3.50. The number of nitrogens with zero attached hydrogens (tertiary/aromatic N) is 2. The highest BCUT2D eigenvalue weighted by Crippen LogP contribution is 2.22. The van der Waals surface area contributed by atoms with Gasteiger partial charge in [0.2, 0.25) is 15.9 Å². The fraction of sp³-hybridized carbons (Fsp3) is 0.556. The number of aromatic nitrogens is 1. The van der Waals surface area contributed by atoms with E-state index in [1.54, 1.807) is 11.0 Å². The van der Waals surface area contributed by atoms with Gasteiger partial charge in [0.25, 0.3) is 0 Å². The molecule has 4 rings (SSSR count). The van der Waals surface area contributed by atoms with E-state index in [1.807, 2.05) is 0 Å². The topological polar surface area (TPSA) is 107 Å². The molecular weight excluding hydrogens is 418 g/mol. The summed E-state index contributed by atoms with van der Waals surface area (Å²) in [4.78, 5) is 26.4. The summed E-state index contributed by atoms with van der Waals surface area (Å²) in [6.45, 7) is 2.82. The van der Waals surface area contributed by atoms with E-state index in [9.17, 15) is 18.0 Å². The van der Waals surface area contributed by atoms with Crippen molar-refractivity contribution >= 4 is 37.5 Å². The molecule has 9 nitrogen and oxygen atoms in total. The molecule has 1 aromatic carbocycles. The van der Waals surface area contributed by atoms with E-state index in [1.165, 1.54) is 16.7 Å². The third-order valence-corrected chi connectivity index (χ3v) is 7.50. The number of carbonyl (C=O) groups excluding carboxylic acids is 1. The average molecular weight is 442 g/mol. The minimum absolute atomic E-state index is 0.0673. The van der Waals surface area contributed by atoms with Gasteiger partial charge in [-0.1, -0.05) is 11.3 Å². The van der Waals surface area contributed by atoms with E-state index in [0.717, 1.165) is 24.2 Å². The maximum absolute atomic E-state index is 12.6. The molecule has 2 aliphatic rings. The molecular formula is C18H23N3O6S2. The smallest absolute Gasteiger partial charge is 0.308 e. The zero-order valence-corrected chi connectivity index (χ0v) is 17.5. The van der Waals surface area contributed by atoms with Crippen molar-refractivity contribution in [1.29, 1.82) is 0 Å². The van der Waals surface area contributed by atoms with Crippen LogP contribution in [0, 0.1) is 0 Å². The highest BCUT2D eigenvalue weighted by atomic mass is 32.2. The average Bonchev–Trinajstić information content (AvgIpc) is 3.35. The SMILES string of the molecule is O=C(Cn1c(=O)sc2cc(S(=O)(=O)NC[C@@H]3CCCO3)ccc21)N1CCOCC1. The first-order chi connectivity index (χ1) is 13.9. The Hall–Kier alpha value is -1.79. The summed E-state index contributed by atoms with van der Waals surface area (Å²) in [5.74, 6) is -0.148. The molecule has 1 N–H and O–H groups in total. The number of nitrogens with one attached hydrogen (secondary N) is 1. The first-order valence-electron chi connectivity index (χ1n) is 9.54. The number of fused-ring (bicyclic) bond motifs is 1. The third-order valence-electron chi connectivity index (χ3n) is 5.13. The van der Waals surface area contributed by atoms with Crippen LogP contribution in [0.5, 0.6) is 0 Å². The van der Waals surface area contributed by atoms with E-state index in [-0.39, 0.29) is 34.9 Å². The summed E-state index contributed by atoms with van der Waals surface area (Å²) >= 11 is 0.936. The molecule has 1 atom stereocenters. The van der Waals surface area contributed by atoms with Gasteiger partial charge in [-0.2, -0.15) is 0 Å². The number of thiazole rings is 1. The maximum Gasteiger partial charge on any atom is 0.308 e. The third kappa shape index (κ3) is 4.53. The van der Waals surface area contributed by atoms with Crippen molar-refractivity contribution in [2.75, 3.05) is 39.5 Å². The number of hydrogen-bond donors (Lipinski definition) is 1. The Balaban J connectivity index is 1.52. The molecule has 11 heteroatoms. The number of amides is 1. The predicted molar refractivity (Wildman–Crippen MR) is 108 cm³/mol. The van der Waals surface area contributed by atoms with Crippen LogP contribution in [0.3, 0.4) is 0 Å². The molecule has 1 aromatic heterocycles. The Morgan fingerprint density at radius 1 is 1.24 bits per heavy atom. The van der Waals surface area contributed by atoms with E-state index >= 15 is 0 Å². The lowest BCUT2D eigenvalue weighted by molar-refractivity contribution is -0.135. The largest absolute Gasteiger partial charge is 0.378 e. The molecule has 3 heterocycles. The predicted octanol–water partition coefficient (Wildman–Crippen LogP) is 0.379. The number of hydrogen-bond acceptors (Lipinski definition) is 7. The molecule has 2 aromatic rings. The highest BCUT2D eigenvalue weighted by molar-refractivity contribution is 7.89. The van der Waals surface area contributed by atoms with E-state index in [2.05, 4.69) is 4.72 Å². The van der Waals surface area contributed by atoms with Crippen LogP contribution >= 0.6 is 11.3 Å². The zero-order chi connectivity index (χ0) is 20.4. The van der Waals surface area contributed by atoms with E-state index in [0.29, 0.717) is 43.1 Å². The molecule has 29 heavy (non-hydrogen) atoms. The number of ether oxygens (including phenoxy) is 2. The van der Waals surface area contributed by atoms with Crippen molar-refractivity contribution in [2.24, 2.45) is 0 Å². The van der Waals surface area contributed by atoms with Crippen LogP contribution in [0.25, 0.3) is 10.2 Å². The molecule has 158 valence electrons. The maximum atomic E-state index is 12.6. The van der Waals surface area contributed by atoms with Crippen molar-refractivity contribution in [1.82, 2.24) is 14.2 Å². The monoisotopic (exact) mass is 441 g/mol. The lowest BCUT2D eigenvalue weighted by atomic mass is 10.2. The Labute approximate surface area is 172 Å². The summed E-state index contributed by atoms with van der Waals surface area (Å²) in [6, 6.07) is 4.53. The van der Waals surface area contributed by atoms with Gasteiger partial charge >= 0.3 is 4.87 Å². The molecule has 0 spiro atoms. The van der Waals surface area contributed by atoms with Crippen LogP contribution in [0.1, 0.15) is 12.8 Å². The second-order valence-corrected chi connectivity index (χ2v) is 9.82. The molecule has 2 fully saturated rings. The highest BCUT2D eigenvalue weighted by Gasteiger charge is 2.23. The van der Waals surface area contributed by atoms with Crippen molar-refractivity contribution in [3.8, 4) is 0 Å². The summed E-state index contributed by atoms with van der Waals surface area (Å²) in [7, 11) is -3.71. The van der Waals surface area contributed by atoms with Gasteiger partial charge < -0.3 is 14.4 Å². The molecule has 0 radical (unpaired) electrons. The van der Waals surface area contributed by atoms with Gasteiger partial charge in [0.15, 0.2) is 0 Å². The second kappa shape index (κ2) is 8.52. The summed E-state index contributed by atoms with van der Waals surface area (Å²) in [6.07, 6.45) is 1.67. The van der Waals surface area contributed by atoms with Crippen LogP contribution in [0.4, 0.5) is 0 Å². The van der Waals surface area contributed by atoms with Crippen molar-refractivity contribution in [3.05, 3.63) is 27.9 Å². The molecule has 1 amide bonds. The normalized spacial score (nSPS) is 20.4. The van der Waals surface area contributed by atoms with Crippen molar-refractivity contribution in [2.45, 2.75) is 30.4 Å². The van der Waals surface area contributed by atoms with Crippen molar-refractivity contribution < 1.29 is 22.7 Å². The van der Waals surface area contributed by atoms with Gasteiger partial charge in [-0.15, -0.1) is 0 Å². The first kappa shape index (κ1) is 20.5. The number of rotatable bonds is 6. The number of benzene rings is 1. The first-order valence-corrected chi connectivity index (χ1v) is 11.8. The summed E-state index contributed by atoms with van der Waals surface area (Å²) in [5.41, 5.74) is 0.555. The van der Waals surface area contributed by atoms with Crippen LogP contribution in [0.15, 0.2) is 27.9 Å². The Morgan fingerprint density at radius 3 is 2.76 bits per heavy atom. The molecule has 0 bridgehead atoms. The quantitative estimate of drug-likeness (QED) is 0.695. The second-order valence-electron chi connectivity index (χ2n) is 7.06. The summed E-state index contributed by atoms with van der Waals surface area (Å²) in [5, 5.41) is 0. The lowest BCUT2D eigenvalue weighted by Crippen LogP contribution is -2.43. The summed E-state index contributed by atoms with van der Waals surface area (Å²) < 4.78 is 40.4. The standard InChI is InChI=1S/C18H23N3O6S2/c22-17(20-5-8-26-9-6-20)12-21-15-4-3-14(10-16(15)28-18(21)23)29(24,25)19-11-13-2-1-7-27-13/h3-4,10,13,19H,1-2,5-9,11-12H2/t13-/m0/s1. The Kier molecular flexibility index (Phi) is 6.02. The fourth-order valence-corrected chi connectivity index (χ4v) is 5.60. The Bertz CT molecular complexity index is 1050. The van der Waals surface area contributed by atoms with Gasteiger partial charge in [0.1, 0.15) is 6.54 Å². The molecule has 0 saturated carbocycles. The molecule has 0 unspecified atom stereocenters. The molecule has 2 aliphatic heterocycles. The molecule has 2 saturated heterocycles. The van der Waals surface area contributed by atoms with Crippen LogP contribution < -0.4 is 9.60 Å². The van der Waals surface area contributed by atoms with Gasteiger partial charge in [-0.05, 0) is 31.0 Å². The van der Waals surface area contributed by atoms with E-state index < -0.39 is 10.0 Å². The lowest BCUT2D eigenvalue weighted by Gasteiger charge is -2.26. The van der Waals surface area contributed by atoms with Gasteiger partial charge in [-0.25, -0.2) is 13.1 Å². The zero-order valence-electron chi connectivity index (χ0n) is 15.8. The van der Waals surface area contributed by atoms with Crippen LogP contribution in [0.2, 0.25) is 0 Å². The number of carbonyl (C=O) groups is 1. The van der Waals surface area contributed by atoms with Gasteiger partial charge in [0.05, 0.1) is 34.4 Å². The minimum atomic E-state index is -3.71. The van der Waals surface area contributed by atoms with Gasteiger partial charge in [-0.3, -0.25) is 14.2 Å². The number of sulfonamides is 1. The van der Waals surface area contributed by atoms with Gasteiger partial charge in [0, 0.05) is 26.2 Å². The minimum Gasteiger partial charge on any atom is -0.378 e. The van der Waals surface area contributed by atoms with E-state index in [4.69, 9.17) is 9.47 Å². The molecule has 0 aliphatic carbocycles. The number of morpholine rings is 1. The Morgan fingerprint density at radius 2 is 2.03 bits per heavy atom. The van der Waals surface area contributed by atoms with Crippen molar-refractivity contribution in [3.63, 3.8) is 0 Å². The van der Waals surface area contributed by atoms with Crippen LogP contribution in [-0.2, 0) is 30.8 Å². The van der Waals surface area contributed by atoms with Crippen LogP contribution in [-0.4, -0.2) is 69.4 Å².